The molecule has 0 aromatic rings. The maximum Gasteiger partial charge on any atom is 0.228 e. The largest absolute Gasteiger partial charge is 0.346 e. The second kappa shape index (κ2) is 5.06. The fraction of sp³-hybridized carbons (Fsp3) is 0.933. The second-order valence-electron chi connectivity index (χ2n) is 6.28. The van der Waals surface area contributed by atoms with Crippen molar-refractivity contribution in [3.05, 3.63) is 0 Å². The standard InChI is InChI=1S/C15H25NO3/c1-2-14(6-3-4-7-14)13(17)16-9-5-8-15(12-16)18-10-11-19-15/h2-12H2,1H3. The number of amides is 1. The summed E-state index contributed by atoms with van der Waals surface area (Å²) >= 11 is 0. The van der Waals surface area contributed by atoms with Crippen molar-refractivity contribution in [2.45, 2.75) is 57.7 Å². The molecule has 4 nitrogen and oxygen atoms in total. The molecule has 108 valence electrons. The van der Waals surface area contributed by atoms with Gasteiger partial charge in [0.1, 0.15) is 0 Å². The van der Waals surface area contributed by atoms with E-state index in [0.29, 0.717) is 25.7 Å². The first-order valence-corrected chi connectivity index (χ1v) is 7.77. The number of ether oxygens (including phenoxy) is 2. The third-order valence-corrected chi connectivity index (χ3v) is 5.21. The van der Waals surface area contributed by atoms with E-state index in [4.69, 9.17) is 9.47 Å². The van der Waals surface area contributed by atoms with Crippen molar-refractivity contribution in [1.82, 2.24) is 4.90 Å². The van der Waals surface area contributed by atoms with Crippen LogP contribution in [0.3, 0.4) is 0 Å². The summed E-state index contributed by atoms with van der Waals surface area (Å²) in [4.78, 5) is 14.9. The topological polar surface area (TPSA) is 38.8 Å². The molecule has 3 fully saturated rings. The zero-order chi connectivity index (χ0) is 13.3. The Hall–Kier alpha value is -0.610. The van der Waals surface area contributed by atoms with E-state index in [1.54, 1.807) is 0 Å². The maximum atomic E-state index is 12.9. The lowest BCUT2D eigenvalue weighted by atomic mass is 9.81. The molecule has 1 saturated carbocycles. The van der Waals surface area contributed by atoms with Gasteiger partial charge in [0, 0.05) is 18.4 Å². The normalized spacial score (nSPS) is 29.0. The third kappa shape index (κ3) is 2.29. The van der Waals surface area contributed by atoms with E-state index >= 15 is 0 Å². The highest BCUT2D eigenvalue weighted by Gasteiger charge is 2.47. The number of nitrogens with zero attached hydrogens (tertiary/aromatic N) is 1. The van der Waals surface area contributed by atoms with E-state index < -0.39 is 5.79 Å². The molecule has 3 rings (SSSR count). The van der Waals surface area contributed by atoms with E-state index in [0.717, 1.165) is 38.6 Å². The van der Waals surface area contributed by atoms with Gasteiger partial charge in [-0.15, -0.1) is 0 Å². The molecule has 1 spiro atoms. The van der Waals surface area contributed by atoms with Crippen LogP contribution in [-0.2, 0) is 14.3 Å². The molecular weight excluding hydrogens is 242 g/mol. The minimum absolute atomic E-state index is 0.0862. The molecule has 0 aromatic carbocycles. The van der Waals surface area contributed by atoms with Gasteiger partial charge in [-0.1, -0.05) is 19.8 Å². The molecule has 0 N–H and O–H groups in total. The van der Waals surface area contributed by atoms with Gasteiger partial charge in [0.15, 0.2) is 5.79 Å². The Morgan fingerprint density at radius 2 is 1.79 bits per heavy atom. The summed E-state index contributed by atoms with van der Waals surface area (Å²) in [6.07, 6.45) is 7.41. The Bertz CT molecular complexity index is 343. The van der Waals surface area contributed by atoms with Crippen LogP contribution < -0.4 is 0 Å². The van der Waals surface area contributed by atoms with Crippen molar-refractivity contribution in [2.75, 3.05) is 26.3 Å². The van der Waals surface area contributed by atoms with Crippen LogP contribution in [0.2, 0.25) is 0 Å². The Morgan fingerprint density at radius 1 is 1.11 bits per heavy atom. The second-order valence-corrected chi connectivity index (χ2v) is 6.28. The van der Waals surface area contributed by atoms with Crippen molar-refractivity contribution in [3.63, 3.8) is 0 Å². The highest BCUT2D eigenvalue weighted by Crippen LogP contribution is 2.43. The summed E-state index contributed by atoms with van der Waals surface area (Å²) in [5, 5.41) is 0. The van der Waals surface area contributed by atoms with Crippen molar-refractivity contribution in [3.8, 4) is 0 Å². The van der Waals surface area contributed by atoms with Gasteiger partial charge in [-0.3, -0.25) is 4.79 Å². The van der Waals surface area contributed by atoms with Gasteiger partial charge in [-0.2, -0.15) is 0 Å². The van der Waals surface area contributed by atoms with Crippen LogP contribution in [-0.4, -0.2) is 42.9 Å². The molecule has 2 saturated heterocycles. The summed E-state index contributed by atoms with van der Waals surface area (Å²) in [7, 11) is 0. The molecule has 4 heteroatoms. The molecule has 19 heavy (non-hydrogen) atoms. The van der Waals surface area contributed by atoms with Gasteiger partial charge in [0.2, 0.25) is 5.91 Å². The minimum Gasteiger partial charge on any atom is -0.346 e. The summed E-state index contributed by atoms with van der Waals surface area (Å²) in [5.41, 5.74) is -0.0862. The first-order valence-electron chi connectivity index (χ1n) is 7.77. The quantitative estimate of drug-likeness (QED) is 0.770. The first kappa shape index (κ1) is 13.4. The van der Waals surface area contributed by atoms with Crippen LogP contribution in [0.1, 0.15) is 51.9 Å². The van der Waals surface area contributed by atoms with Crippen LogP contribution in [0.5, 0.6) is 0 Å². The fourth-order valence-corrected chi connectivity index (χ4v) is 4.00. The predicted octanol–water partition coefficient (Wildman–Crippen LogP) is 2.32. The molecule has 0 aromatic heterocycles. The molecule has 1 aliphatic carbocycles. The SMILES string of the molecule is CCC1(C(=O)N2CCCC3(C2)OCCO3)CCCC1. The maximum absolute atomic E-state index is 12.9. The number of likely N-dealkylation sites (tertiary alicyclic amines) is 1. The van der Waals surface area contributed by atoms with E-state index in [-0.39, 0.29) is 5.41 Å². The highest BCUT2D eigenvalue weighted by atomic mass is 16.7. The van der Waals surface area contributed by atoms with E-state index in [1.165, 1.54) is 12.8 Å². The summed E-state index contributed by atoms with van der Waals surface area (Å²) < 4.78 is 11.5. The molecule has 0 unspecified atom stereocenters. The lowest BCUT2D eigenvalue weighted by Gasteiger charge is -2.42. The van der Waals surface area contributed by atoms with Crippen LogP contribution in [0.15, 0.2) is 0 Å². The molecule has 3 aliphatic rings. The molecule has 2 heterocycles. The van der Waals surface area contributed by atoms with Crippen LogP contribution in [0, 0.1) is 5.41 Å². The third-order valence-electron chi connectivity index (χ3n) is 5.21. The number of rotatable bonds is 2. The average Bonchev–Trinajstić information content (AvgIpc) is 3.08. The predicted molar refractivity (Wildman–Crippen MR) is 71.6 cm³/mol. The van der Waals surface area contributed by atoms with Gasteiger partial charge in [0.25, 0.3) is 0 Å². The molecule has 0 atom stereocenters. The Morgan fingerprint density at radius 3 is 2.42 bits per heavy atom. The fourth-order valence-electron chi connectivity index (χ4n) is 4.00. The summed E-state index contributed by atoms with van der Waals surface area (Å²) in [5.74, 6) is -0.132. The van der Waals surface area contributed by atoms with Gasteiger partial charge >= 0.3 is 0 Å². The zero-order valence-corrected chi connectivity index (χ0v) is 12.0. The molecule has 1 amide bonds. The molecule has 2 aliphatic heterocycles. The van der Waals surface area contributed by atoms with E-state index in [2.05, 4.69) is 6.92 Å². The zero-order valence-electron chi connectivity index (χ0n) is 12.0. The minimum atomic E-state index is -0.485. The van der Waals surface area contributed by atoms with Crippen molar-refractivity contribution in [2.24, 2.45) is 5.41 Å². The van der Waals surface area contributed by atoms with Crippen LogP contribution in [0.25, 0.3) is 0 Å². The van der Waals surface area contributed by atoms with E-state index in [9.17, 15) is 4.79 Å². The monoisotopic (exact) mass is 267 g/mol. The summed E-state index contributed by atoms with van der Waals surface area (Å²) in [6.45, 7) is 5.00. The molecule has 0 bridgehead atoms. The van der Waals surface area contributed by atoms with Gasteiger partial charge in [-0.25, -0.2) is 0 Å². The number of hydrogen-bond acceptors (Lipinski definition) is 3. The van der Waals surface area contributed by atoms with Gasteiger partial charge in [0.05, 0.1) is 19.8 Å². The summed E-state index contributed by atoms with van der Waals surface area (Å²) in [6, 6.07) is 0. The Labute approximate surface area is 115 Å². The number of hydrogen-bond donors (Lipinski definition) is 0. The highest BCUT2D eigenvalue weighted by molar-refractivity contribution is 5.83. The Balaban J connectivity index is 1.72. The van der Waals surface area contributed by atoms with Crippen molar-refractivity contribution < 1.29 is 14.3 Å². The first-order chi connectivity index (χ1) is 9.20. The van der Waals surface area contributed by atoms with Gasteiger partial charge in [-0.05, 0) is 25.7 Å². The van der Waals surface area contributed by atoms with Crippen LogP contribution >= 0.6 is 0 Å². The lowest BCUT2D eigenvalue weighted by molar-refractivity contribution is -0.196. The lowest BCUT2D eigenvalue weighted by Crippen LogP contribution is -2.54. The number of carbonyl (C=O) groups is 1. The number of piperidine rings is 1. The number of carbonyl (C=O) groups excluding carboxylic acids is 1. The van der Waals surface area contributed by atoms with E-state index in [1.807, 2.05) is 4.90 Å². The Kier molecular flexibility index (Phi) is 3.56. The molecule has 0 radical (unpaired) electrons. The average molecular weight is 267 g/mol. The smallest absolute Gasteiger partial charge is 0.228 e. The van der Waals surface area contributed by atoms with Crippen LogP contribution in [0.4, 0.5) is 0 Å². The van der Waals surface area contributed by atoms with Crippen molar-refractivity contribution in [1.29, 1.82) is 0 Å². The molecular formula is C15H25NO3. The van der Waals surface area contributed by atoms with Crippen molar-refractivity contribution >= 4 is 5.91 Å². The van der Waals surface area contributed by atoms with Gasteiger partial charge < -0.3 is 14.4 Å².